The molecule has 0 aliphatic carbocycles. The molecule has 0 spiro atoms. The zero-order valence-electron chi connectivity index (χ0n) is 16.2. The molecule has 0 radical (unpaired) electrons. The maximum atomic E-state index is 12.6. The second kappa shape index (κ2) is 8.36. The number of hydrogen-bond acceptors (Lipinski definition) is 6. The highest BCUT2D eigenvalue weighted by Crippen LogP contribution is 2.26. The van der Waals surface area contributed by atoms with Gasteiger partial charge >= 0.3 is 0 Å². The summed E-state index contributed by atoms with van der Waals surface area (Å²) < 4.78 is 24.5. The maximum absolute atomic E-state index is 12.6. The van der Waals surface area contributed by atoms with Crippen LogP contribution in [-0.2, 0) is 14.8 Å². The smallest absolute Gasteiger partial charge is 0.238 e. The van der Waals surface area contributed by atoms with Crippen molar-refractivity contribution >= 4 is 33.4 Å². The lowest BCUT2D eigenvalue weighted by Crippen LogP contribution is -2.23. The van der Waals surface area contributed by atoms with E-state index in [9.17, 15) is 13.2 Å². The van der Waals surface area contributed by atoms with Crippen LogP contribution in [0.3, 0.4) is 0 Å². The van der Waals surface area contributed by atoms with Gasteiger partial charge in [0.2, 0.25) is 15.9 Å². The standard InChI is InChI=1S/C19H21N5O3S2/c1-12-4-8-16(9-5-12)24-14(3)22-23-19(24)28-13(2)18(25)21-15-6-10-17(11-7-15)29(20,26)27/h4-11,13H,1-3H3,(H,21,25)(H2,20,26,27). The largest absolute Gasteiger partial charge is 0.325 e. The van der Waals surface area contributed by atoms with Crippen molar-refractivity contribution in [1.82, 2.24) is 14.8 Å². The molecule has 0 aliphatic heterocycles. The fraction of sp³-hybridized carbons (Fsp3) is 0.211. The summed E-state index contributed by atoms with van der Waals surface area (Å²) in [6.07, 6.45) is 0. The van der Waals surface area contributed by atoms with Gasteiger partial charge in [-0.05, 0) is 57.2 Å². The normalized spacial score (nSPS) is 12.6. The van der Waals surface area contributed by atoms with Crippen molar-refractivity contribution < 1.29 is 13.2 Å². The number of carbonyl (C=O) groups excluding carboxylic acids is 1. The number of aromatic nitrogens is 3. The fourth-order valence-electron chi connectivity index (χ4n) is 2.59. The molecule has 3 aromatic rings. The molecular weight excluding hydrogens is 410 g/mol. The van der Waals surface area contributed by atoms with E-state index in [1.54, 1.807) is 6.92 Å². The molecular formula is C19H21N5O3S2. The number of thioether (sulfide) groups is 1. The van der Waals surface area contributed by atoms with Crippen molar-refractivity contribution in [3.8, 4) is 5.69 Å². The number of sulfonamides is 1. The van der Waals surface area contributed by atoms with E-state index in [4.69, 9.17) is 5.14 Å². The number of anilines is 1. The van der Waals surface area contributed by atoms with Crippen LogP contribution in [0.5, 0.6) is 0 Å². The molecule has 0 aliphatic rings. The van der Waals surface area contributed by atoms with E-state index in [0.29, 0.717) is 10.8 Å². The Labute approximate surface area is 173 Å². The number of benzene rings is 2. The second-order valence-corrected chi connectivity index (χ2v) is 9.39. The molecule has 0 saturated heterocycles. The van der Waals surface area contributed by atoms with Gasteiger partial charge in [-0.25, -0.2) is 13.6 Å². The summed E-state index contributed by atoms with van der Waals surface area (Å²) in [4.78, 5) is 12.6. The molecule has 1 atom stereocenters. The van der Waals surface area contributed by atoms with Crippen LogP contribution in [-0.4, -0.2) is 34.3 Å². The van der Waals surface area contributed by atoms with Crippen molar-refractivity contribution in [1.29, 1.82) is 0 Å². The van der Waals surface area contributed by atoms with E-state index < -0.39 is 15.3 Å². The van der Waals surface area contributed by atoms with Gasteiger partial charge in [0.25, 0.3) is 0 Å². The minimum absolute atomic E-state index is 0.0143. The number of nitrogens with one attached hydrogen (secondary N) is 1. The van der Waals surface area contributed by atoms with E-state index in [0.717, 1.165) is 17.1 Å². The Hall–Kier alpha value is -2.69. The van der Waals surface area contributed by atoms with Crippen molar-refractivity contribution in [2.75, 3.05) is 5.32 Å². The van der Waals surface area contributed by atoms with E-state index in [2.05, 4.69) is 15.5 Å². The molecule has 8 nitrogen and oxygen atoms in total. The van der Waals surface area contributed by atoms with E-state index in [-0.39, 0.29) is 10.8 Å². The first-order valence-electron chi connectivity index (χ1n) is 8.74. The Morgan fingerprint density at radius 1 is 1.07 bits per heavy atom. The van der Waals surface area contributed by atoms with Crippen LogP contribution in [0.15, 0.2) is 58.6 Å². The van der Waals surface area contributed by atoms with Gasteiger partial charge in [-0.1, -0.05) is 29.5 Å². The lowest BCUT2D eigenvalue weighted by atomic mass is 10.2. The first-order chi connectivity index (χ1) is 13.6. The predicted octanol–water partition coefficient (Wildman–Crippen LogP) is 2.65. The lowest BCUT2D eigenvalue weighted by molar-refractivity contribution is -0.115. The van der Waals surface area contributed by atoms with Gasteiger partial charge in [-0.15, -0.1) is 10.2 Å². The third-order valence-corrected chi connectivity index (χ3v) is 6.16. The average molecular weight is 432 g/mol. The first kappa shape index (κ1) is 21.0. The van der Waals surface area contributed by atoms with Crippen LogP contribution < -0.4 is 10.5 Å². The number of rotatable bonds is 6. The monoisotopic (exact) mass is 431 g/mol. The number of primary sulfonamides is 1. The summed E-state index contributed by atoms with van der Waals surface area (Å²) in [6.45, 7) is 5.64. The molecule has 1 aromatic heterocycles. The van der Waals surface area contributed by atoms with Gasteiger partial charge in [-0.3, -0.25) is 9.36 Å². The molecule has 1 unspecified atom stereocenters. The molecule has 3 rings (SSSR count). The summed E-state index contributed by atoms with van der Waals surface area (Å²) >= 11 is 1.29. The number of amides is 1. The summed E-state index contributed by atoms with van der Waals surface area (Å²) in [6, 6.07) is 13.7. The Kier molecular flexibility index (Phi) is 6.06. The summed E-state index contributed by atoms with van der Waals surface area (Å²) in [7, 11) is -3.77. The number of hydrogen-bond donors (Lipinski definition) is 2. The highest BCUT2D eigenvalue weighted by atomic mass is 32.2. The predicted molar refractivity (Wildman–Crippen MR) is 113 cm³/mol. The summed E-state index contributed by atoms with van der Waals surface area (Å²) in [5, 5.41) is 16.3. The molecule has 29 heavy (non-hydrogen) atoms. The maximum Gasteiger partial charge on any atom is 0.238 e. The van der Waals surface area contributed by atoms with Gasteiger partial charge in [0, 0.05) is 11.4 Å². The van der Waals surface area contributed by atoms with E-state index >= 15 is 0 Å². The van der Waals surface area contributed by atoms with Crippen molar-refractivity contribution in [2.24, 2.45) is 5.14 Å². The zero-order valence-corrected chi connectivity index (χ0v) is 17.8. The SMILES string of the molecule is Cc1ccc(-n2c(C)nnc2SC(C)C(=O)Nc2ccc(S(N)(=O)=O)cc2)cc1. The molecule has 1 heterocycles. The second-order valence-electron chi connectivity index (χ2n) is 6.52. The lowest BCUT2D eigenvalue weighted by Gasteiger charge is -2.13. The van der Waals surface area contributed by atoms with Crippen molar-refractivity contribution in [2.45, 2.75) is 36.1 Å². The Balaban J connectivity index is 1.73. The minimum Gasteiger partial charge on any atom is -0.325 e. The fourth-order valence-corrected chi connectivity index (χ4v) is 4.02. The third kappa shape index (κ3) is 5.03. The van der Waals surface area contributed by atoms with Crippen LogP contribution in [0.1, 0.15) is 18.3 Å². The molecule has 3 N–H and O–H groups in total. The van der Waals surface area contributed by atoms with Crippen LogP contribution in [0.2, 0.25) is 0 Å². The molecule has 152 valence electrons. The molecule has 0 bridgehead atoms. The summed E-state index contributed by atoms with van der Waals surface area (Å²) in [5.41, 5.74) is 2.55. The summed E-state index contributed by atoms with van der Waals surface area (Å²) in [5.74, 6) is 0.483. The number of carbonyl (C=O) groups is 1. The van der Waals surface area contributed by atoms with Crippen LogP contribution in [0.25, 0.3) is 5.69 Å². The number of nitrogens with zero attached hydrogens (tertiary/aromatic N) is 3. The average Bonchev–Trinajstić information content (AvgIpc) is 3.02. The van der Waals surface area contributed by atoms with Crippen LogP contribution in [0, 0.1) is 13.8 Å². The quantitative estimate of drug-likeness (QED) is 0.579. The van der Waals surface area contributed by atoms with E-state index in [1.165, 1.54) is 36.0 Å². The topological polar surface area (TPSA) is 120 Å². The number of nitrogens with two attached hydrogens (primary N) is 1. The minimum atomic E-state index is -3.77. The molecule has 10 heteroatoms. The zero-order chi connectivity index (χ0) is 21.2. The Morgan fingerprint density at radius 2 is 1.69 bits per heavy atom. The van der Waals surface area contributed by atoms with E-state index in [1.807, 2.05) is 42.7 Å². The molecule has 0 saturated carbocycles. The molecule has 0 fully saturated rings. The van der Waals surface area contributed by atoms with Gasteiger partial charge in [-0.2, -0.15) is 0 Å². The van der Waals surface area contributed by atoms with Gasteiger partial charge in [0.05, 0.1) is 10.1 Å². The Bertz CT molecular complexity index is 1120. The van der Waals surface area contributed by atoms with Crippen LogP contribution >= 0.6 is 11.8 Å². The Morgan fingerprint density at radius 3 is 2.28 bits per heavy atom. The number of aryl methyl sites for hydroxylation is 2. The highest BCUT2D eigenvalue weighted by Gasteiger charge is 2.20. The van der Waals surface area contributed by atoms with Crippen LogP contribution in [0.4, 0.5) is 5.69 Å². The third-order valence-electron chi connectivity index (χ3n) is 4.19. The van der Waals surface area contributed by atoms with Crippen molar-refractivity contribution in [3.05, 3.63) is 59.9 Å². The van der Waals surface area contributed by atoms with Crippen molar-refractivity contribution in [3.63, 3.8) is 0 Å². The molecule has 1 amide bonds. The van der Waals surface area contributed by atoms with Gasteiger partial charge < -0.3 is 5.32 Å². The first-order valence-corrected chi connectivity index (χ1v) is 11.2. The highest BCUT2D eigenvalue weighted by molar-refractivity contribution is 8.00. The van der Waals surface area contributed by atoms with Gasteiger partial charge in [0.1, 0.15) is 5.82 Å². The molecule has 2 aromatic carbocycles. The van der Waals surface area contributed by atoms with Gasteiger partial charge in [0.15, 0.2) is 5.16 Å².